The highest BCUT2D eigenvalue weighted by Crippen LogP contribution is 2.37. The molecule has 1 atom stereocenters. The lowest BCUT2D eigenvalue weighted by Crippen LogP contribution is -2.24. The maximum absolute atomic E-state index is 6.30. The zero-order valence-electron chi connectivity index (χ0n) is 13.5. The van der Waals surface area contributed by atoms with Gasteiger partial charge in [-0.3, -0.25) is 0 Å². The van der Waals surface area contributed by atoms with E-state index < -0.39 is 0 Å². The molecule has 4 heteroatoms. The lowest BCUT2D eigenvalue weighted by molar-refractivity contribution is 0.623. The molecular weight excluding hydrogens is 284 g/mol. The lowest BCUT2D eigenvalue weighted by atomic mass is 10.0. The Balaban J connectivity index is 2.20. The number of anilines is 3. The molecule has 3 aromatic carbocycles. The number of nitrogens with zero attached hydrogens (tertiary/aromatic N) is 1. The summed E-state index contributed by atoms with van der Waals surface area (Å²) in [6.45, 7) is 0. The van der Waals surface area contributed by atoms with Crippen LogP contribution in [-0.2, 0) is 0 Å². The first-order valence-corrected chi connectivity index (χ1v) is 7.65. The largest absolute Gasteiger partial charge is 0.397 e. The number of nitrogens with two attached hydrogens (primary N) is 2. The molecule has 5 N–H and O–H groups in total. The number of hydrogen-bond acceptors (Lipinski definition) is 4. The van der Waals surface area contributed by atoms with E-state index in [1.54, 1.807) is 0 Å². The van der Waals surface area contributed by atoms with Crippen LogP contribution in [0.25, 0.3) is 10.8 Å². The van der Waals surface area contributed by atoms with Crippen molar-refractivity contribution in [3.05, 3.63) is 66.2 Å². The molecule has 4 nitrogen and oxygen atoms in total. The van der Waals surface area contributed by atoms with Gasteiger partial charge in [-0.25, -0.2) is 0 Å². The normalized spacial score (nSPS) is 12.3. The van der Waals surface area contributed by atoms with E-state index in [0.717, 1.165) is 33.4 Å². The summed E-state index contributed by atoms with van der Waals surface area (Å²) in [7, 11) is 3.89. The number of hydrogen-bond donors (Lipinski definition) is 3. The average Bonchev–Trinajstić information content (AvgIpc) is 2.60. The van der Waals surface area contributed by atoms with E-state index in [0.29, 0.717) is 0 Å². The highest BCUT2D eigenvalue weighted by atomic mass is 15.1. The summed E-state index contributed by atoms with van der Waals surface area (Å²) in [4.78, 5) is 2.12. The maximum Gasteiger partial charge on any atom is 0.0807 e. The van der Waals surface area contributed by atoms with E-state index in [1.165, 1.54) is 0 Å². The molecule has 3 rings (SSSR count). The zero-order valence-corrected chi connectivity index (χ0v) is 13.5. The van der Waals surface area contributed by atoms with Crippen LogP contribution in [0.15, 0.2) is 60.7 Å². The van der Waals surface area contributed by atoms with Gasteiger partial charge < -0.3 is 21.7 Å². The number of rotatable bonds is 4. The summed E-state index contributed by atoms with van der Waals surface area (Å²) < 4.78 is 0. The van der Waals surface area contributed by atoms with Crippen LogP contribution in [0.3, 0.4) is 0 Å². The van der Waals surface area contributed by atoms with Crippen LogP contribution in [0.4, 0.5) is 17.1 Å². The highest BCUT2D eigenvalue weighted by Gasteiger charge is 2.13. The highest BCUT2D eigenvalue weighted by molar-refractivity contribution is 6.02. The number of para-hydroxylation sites is 1. The van der Waals surface area contributed by atoms with Crippen molar-refractivity contribution < 1.29 is 0 Å². The van der Waals surface area contributed by atoms with Crippen molar-refractivity contribution in [2.45, 2.75) is 6.17 Å². The van der Waals surface area contributed by atoms with Gasteiger partial charge in [-0.1, -0.05) is 36.4 Å². The first kappa shape index (κ1) is 15.3. The van der Waals surface area contributed by atoms with E-state index in [9.17, 15) is 0 Å². The van der Waals surface area contributed by atoms with E-state index >= 15 is 0 Å². The Bertz CT molecular complexity index is 814. The Hall–Kier alpha value is -2.56. The first-order chi connectivity index (χ1) is 11.1. The minimum absolute atomic E-state index is 0.198. The van der Waals surface area contributed by atoms with Gasteiger partial charge in [0, 0.05) is 18.1 Å². The summed E-state index contributed by atoms with van der Waals surface area (Å²) in [6, 6.07) is 20.4. The van der Waals surface area contributed by atoms with Crippen molar-refractivity contribution in [3.63, 3.8) is 0 Å². The van der Waals surface area contributed by atoms with Crippen molar-refractivity contribution in [2.24, 2.45) is 5.73 Å². The summed E-state index contributed by atoms with van der Waals surface area (Å²) in [6.07, 6.45) is -0.198. The second-order valence-corrected chi connectivity index (χ2v) is 5.64. The van der Waals surface area contributed by atoms with Gasteiger partial charge in [0.1, 0.15) is 0 Å². The van der Waals surface area contributed by atoms with Gasteiger partial charge in [-0.15, -0.1) is 0 Å². The average molecular weight is 306 g/mol. The summed E-state index contributed by atoms with van der Waals surface area (Å²) in [5, 5.41) is 5.31. The third kappa shape index (κ3) is 2.86. The molecule has 1 unspecified atom stereocenters. The molecule has 0 aliphatic carbocycles. The zero-order chi connectivity index (χ0) is 16.4. The topological polar surface area (TPSA) is 67.3 Å². The molecule has 0 aliphatic rings. The minimum atomic E-state index is -0.198. The molecule has 0 saturated heterocycles. The third-order valence-electron chi connectivity index (χ3n) is 4.20. The SMILES string of the molecule is CNC(N)c1ccc2ccc(N)c(N(C)c3ccccc3)c2c1. The molecule has 0 heterocycles. The smallest absolute Gasteiger partial charge is 0.0807 e. The Morgan fingerprint density at radius 1 is 1.00 bits per heavy atom. The molecule has 118 valence electrons. The second-order valence-electron chi connectivity index (χ2n) is 5.64. The summed E-state index contributed by atoms with van der Waals surface area (Å²) in [5.74, 6) is 0. The Labute approximate surface area is 136 Å². The molecule has 0 bridgehead atoms. The minimum Gasteiger partial charge on any atom is -0.397 e. The van der Waals surface area contributed by atoms with E-state index in [2.05, 4.69) is 34.5 Å². The number of nitrogens with one attached hydrogen (secondary N) is 1. The predicted octanol–water partition coefficient (Wildman–Crippen LogP) is 3.37. The van der Waals surface area contributed by atoms with Crippen LogP contribution in [-0.4, -0.2) is 14.1 Å². The number of nitrogen functional groups attached to an aromatic ring is 1. The first-order valence-electron chi connectivity index (χ1n) is 7.65. The predicted molar refractivity (Wildman–Crippen MR) is 98.9 cm³/mol. The van der Waals surface area contributed by atoms with Crippen molar-refractivity contribution >= 4 is 27.8 Å². The van der Waals surface area contributed by atoms with Gasteiger partial charge in [0.25, 0.3) is 0 Å². The fourth-order valence-corrected chi connectivity index (χ4v) is 2.85. The van der Waals surface area contributed by atoms with Crippen LogP contribution < -0.4 is 21.7 Å². The van der Waals surface area contributed by atoms with Gasteiger partial charge in [0.2, 0.25) is 0 Å². The van der Waals surface area contributed by atoms with E-state index in [4.69, 9.17) is 11.5 Å². The molecule has 0 amide bonds. The quantitative estimate of drug-likeness (QED) is 0.511. The van der Waals surface area contributed by atoms with E-state index in [1.807, 2.05) is 50.5 Å². The molecule has 0 aromatic heterocycles. The van der Waals surface area contributed by atoms with Crippen molar-refractivity contribution in [1.29, 1.82) is 0 Å². The molecule has 0 aliphatic heterocycles. The third-order valence-corrected chi connectivity index (χ3v) is 4.20. The van der Waals surface area contributed by atoms with E-state index in [-0.39, 0.29) is 6.17 Å². The Morgan fingerprint density at radius 2 is 1.70 bits per heavy atom. The number of benzene rings is 3. The molecule has 3 aromatic rings. The molecule has 0 spiro atoms. The van der Waals surface area contributed by atoms with Gasteiger partial charge in [-0.2, -0.15) is 0 Å². The van der Waals surface area contributed by atoms with Gasteiger partial charge in [-0.05, 0) is 42.3 Å². The van der Waals surface area contributed by atoms with Gasteiger partial charge >= 0.3 is 0 Å². The molecular formula is C19H22N4. The van der Waals surface area contributed by atoms with Crippen molar-refractivity contribution in [2.75, 3.05) is 24.7 Å². The Kier molecular flexibility index (Phi) is 4.19. The van der Waals surface area contributed by atoms with Crippen LogP contribution in [0.1, 0.15) is 11.7 Å². The van der Waals surface area contributed by atoms with Crippen molar-refractivity contribution in [1.82, 2.24) is 5.32 Å². The molecule has 0 radical (unpaired) electrons. The van der Waals surface area contributed by atoms with Crippen LogP contribution in [0.2, 0.25) is 0 Å². The molecule has 23 heavy (non-hydrogen) atoms. The monoisotopic (exact) mass is 306 g/mol. The van der Waals surface area contributed by atoms with Gasteiger partial charge in [0.15, 0.2) is 0 Å². The van der Waals surface area contributed by atoms with Crippen LogP contribution in [0, 0.1) is 0 Å². The fraction of sp³-hybridized carbons (Fsp3) is 0.158. The number of fused-ring (bicyclic) bond motifs is 1. The van der Waals surface area contributed by atoms with Gasteiger partial charge in [0.05, 0.1) is 17.5 Å². The standard InChI is InChI=1S/C19H22N4/c1-22-19(21)14-9-8-13-10-11-17(20)18(16(13)12-14)23(2)15-6-4-3-5-7-15/h3-12,19,22H,20-21H2,1-2H3. The van der Waals surface area contributed by atoms with Crippen LogP contribution in [0.5, 0.6) is 0 Å². The summed E-state index contributed by atoms with van der Waals surface area (Å²) in [5.41, 5.74) is 16.3. The Morgan fingerprint density at radius 3 is 2.39 bits per heavy atom. The van der Waals surface area contributed by atoms with Crippen LogP contribution >= 0.6 is 0 Å². The molecule has 0 saturated carbocycles. The second kappa shape index (κ2) is 6.28. The fourth-order valence-electron chi connectivity index (χ4n) is 2.85. The van der Waals surface area contributed by atoms with Crippen molar-refractivity contribution in [3.8, 4) is 0 Å². The molecule has 0 fully saturated rings. The summed E-state index contributed by atoms with van der Waals surface area (Å²) >= 11 is 0. The lowest BCUT2D eigenvalue weighted by Gasteiger charge is -2.24. The maximum atomic E-state index is 6.30.